The molecule has 1 N–H and O–H groups in total. The van der Waals surface area contributed by atoms with Crippen molar-refractivity contribution in [2.75, 3.05) is 38.4 Å². The standard InChI is InChI=1S/2C19H14F2O6.C17H20F2O6.C12H10F2O5.C7H5ClO.CH2Cl2.3CH4.FH.H2/c2*20-19(21)15(27-17(23)13-9-5-2-6-10-13)14(26-18(19)24)11-25-16(22)12-7-3-1-4-8-12;1-4-22-15(21)17(18,19)13(12-10-23-16(2,3)25-12)24-14(20)11-8-6-5-7-9-11;13-12(14)9(8(6-15)18-11(12)17)19-10(16)7-4-2-1-3-5-7;8-7(9)6-4-2-1-3-5-6;2-1-3;;;;;/h2*1-10,14-15H,11H2;5-9,12-13H,4,10H2,1-3H3;1-5,8-9,15H,6H2;1-5H;1H2;3*1H4;2*1H/t2*14-,15?;12-,13?;8-,9?;;;;;;;/m1111......./s1/i;;;;;;;;;;1+1. The molecule has 8 atom stereocenters. The van der Waals surface area contributed by atoms with E-state index in [1.54, 1.807) is 97.1 Å². The van der Waals surface area contributed by atoms with Gasteiger partial charge in [-0.1, -0.05) is 162 Å². The zero-order chi connectivity index (χ0) is 81.0. The molecule has 7 aromatic carbocycles. The molecule has 4 fully saturated rings. The molecule has 24 nitrogen and oxygen atoms in total. The van der Waals surface area contributed by atoms with Crippen LogP contribution in [0.25, 0.3) is 0 Å². The van der Waals surface area contributed by atoms with Crippen LogP contribution in [0.5, 0.6) is 0 Å². The van der Waals surface area contributed by atoms with Crippen molar-refractivity contribution in [3.8, 4) is 0 Å². The quantitative estimate of drug-likeness (QED) is 0.0244. The number of hydrogen-bond acceptors (Lipinski definition) is 24. The van der Waals surface area contributed by atoms with Crippen molar-refractivity contribution in [2.45, 2.75) is 121 Å². The van der Waals surface area contributed by atoms with Crippen LogP contribution in [-0.2, 0) is 76.0 Å². The van der Waals surface area contributed by atoms with Gasteiger partial charge in [-0.2, -0.15) is 35.1 Å². The van der Waals surface area contributed by atoms with Crippen LogP contribution in [0.4, 0.5) is 39.8 Å². The number of rotatable bonds is 20. The molecule has 0 aromatic heterocycles. The molecule has 4 aliphatic rings. The third-order valence-corrected chi connectivity index (χ3v) is 15.1. The molecule has 114 heavy (non-hydrogen) atoms. The summed E-state index contributed by atoms with van der Waals surface area (Å²) in [5.74, 6) is -30.2. The maximum absolute atomic E-state index is 14.6. The number of carbonyl (C=O) groups is 11. The number of ether oxygens (including phenoxy) is 12. The van der Waals surface area contributed by atoms with Gasteiger partial charge in [0.15, 0.2) is 24.1 Å². The minimum Gasteiger partial charge on any atom is -0.461 e. The lowest BCUT2D eigenvalue weighted by Crippen LogP contribution is -2.52. The summed E-state index contributed by atoms with van der Waals surface area (Å²) in [6, 6.07) is 54.4. The van der Waals surface area contributed by atoms with Crippen LogP contribution in [-0.4, -0.2) is 187 Å². The number of aliphatic hydroxyl groups excluding tert-OH is 1. The highest BCUT2D eigenvalue weighted by molar-refractivity contribution is 6.67. The first-order valence-electron chi connectivity index (χ1n) is 32.2. The van der Waals surface area contributed by atoms with Gasteiger partial charge in [0.1, 0.15) is 19.3 Å². The number of hydrogen-bond donors (Lipinski definition) is 1. The maximum atomic E-state index is 14.6. The first kappa shape index (κ1) is 99.1. The van der Waals surface area contributed by atoms with Crippen LogP contribution in [0.3, 0.4) is 0 Å². The van der Waals surface area contributed by atoms with Gasteiger partial charge in [0.05, 0.1) is 58.5 Å². The van der Waals surface area contributed by atoms with Crippen LogP contribution in [0.15, 0.2) is 212 Å². The molecule has 4 aliphatic heterocycles. The highest BCUT2D eigenvalue weighted by atomic mass is 35.5. The number of esters is 10. The second-order valence-corrected chi connectivity index (χ2v) is 24.2. The molecular weight excluding hydrogens is 1600 g/mol. The van der Waals surface area contributed by atoms with E-state index in [1.165, 1.54) is 130 Å². The largest absolute Gasteiger partial charge is 0.461 e. The van der Waals surface area contributed by atoms with Gasteiger partial charge in [0.25, 0.3) is 5.24 Å². The Morgan fingerprint density at radius 2 is 0.728 bits per heavy atom. The highest BCUT2D eigenvalue weighted by Crippen LogP contribution is 2.39. The molecule has 0 amide bonds. The molecule has 4 unspecified atom stereocenters. The van der Waals surface area contributed by atoms with Crippen LogP contribution >= 0.6 is 34.8 Å². The van der Waals surface area contributed by atoms with E-state index in [-0.39, 0.29) is 80.3 Å². The maximum Gasteiger partial charge on any atom is 0.382 e. The van der Waals surface area contributed by atoms with Crippen LogP contribution < -0.4 is 0 Å². The average molecular weight is 1680 g/mol. The van der Waals surface area contributed by atoms with E-state index in [2.05, 4.69) is 23.7 Å². The summed E-state index contributed by atoms with van der Waals surface area (Å²) in [6.45, 7) is 1.77. The van der Waals surface area contributed by atoms with Crippen molar-refractivity contribution in [1.29, 1.82) is 0 Å². The Hall–Kier alpha value is -11.0. The number of cyclic esters (lactones) is 3. The Bertz CT molecular complexity index is 4090. The molecule has 11 rings (SSSR count). The van der Waals surface area contributed by atoms with Crippen molar-refractivity contribution in [1.82, 2.24) is 0 Å². The van der Waals surface area contributed by atoms with E-state index in [0.717, 1.165) is 0 Å². The summed E-state index contributed by atoms with van der Waals surface area (Å²) in [4.78, 5) is 128. The number of halogens is 12. The Morgan fingerprint density at radius 1 is 0.465 bits per heavy atom. The summed E-state index contributed by atoms with van der Waals surface area (Å²) in [5.41, 5.74) is 1.15. The minimum atomic E-state index is -4.09. The Labute approximate surface area is 663 Å². The summed E-state index contributed by atoms with van der Waals surface area (Å²) >= 11 is 14.7. The van der Waals surface area contributed by atoms with E-state index in [1.807, 2.05) is 6.07 Å². The minimum absolute atomic E-state index is 0. The molecule has 0 spiro atoms. The normalized spacial score (nSPS) is 19.3. The molecule has 4 saturated heterocycles. The fraction of sp³-hybridized carbons (Fsp3) is 0.321. The molecule has 0 aliphatic carbocycles. The smallest absolute Gasteiger partial charge is 0.382 e. The van der Waals surface area contributed by atoms with Gasteiger partial charge in [0, 0.05) is 6.99 Å². The summed E-state index contributed by atoms with van der Waals surface area (Å²) in [5, 5.41) is 8.66. The number of carbonyl (C=O) groups excluding carboxylic acids is 11. The lowest BCUT2D eigenvalue weighted by molar-refractivity contribution is -0.210. The number of aliphatic hydroxyl groups is 1. The molecule has 7 aromatic rings. The van der Waals surface area contributed by atoms with Gasteiger partial charge >= 0.3 is 83.4 Å². The molecule has 0 saturated carbocycles. The van der Waals surface area contributed by atoms with E-state index in [4.69, 9.17) is 73.1 Å². The van der Waals surface area contributed by atoms with Crippen LogP contribution in [0, 0.1) is 0 Å². The molecule has 0 bridgehead atoms. The van der Waals surface area contributed by atoms with E-state index in [9.17, 15) is 87.9 Å². The monoisotopic (exact) mass is 1680 g/mol. The van der Waals surface area contributed by atoms with Crippen molar-refractivity contribution in [3.05, 3.63) is 251 Å². The summed E-state index contributed by atoms with van der Waals surface area (Å²) < 4.78 is 170. The molecule has 620 valence electrons. The molecular formula is C78H80Cl3F9O24. The third-order valence-electron chi connectivity index (χ3n) is 14.9. The topological polar surface area (TPSA) is 319 Å². The summed E-state index contributed by atoms with van der Waals surface area (Å²) in [7, 11) is 0. The zero-order valence-corrected chi connectivity index (χ0v) is 60.2. The fourth-order valence-electron chi connectivity index (χ4n) is 9.53. The van der Waals surface area contributed by atoms with Gasteiger partial charge in [-0.3, -0.25) is 9.50 Å². The molecule has 36 heteroatoms. The molecule has 0 radical (unpaired) electrons. The van der Waals surface area contributed by atoms with E-state index >= 15 is 0 Å². The van der Waals surface area contributed by atoms with Gasteiger partial charge in [-0.25, -0.2) is 47.9 Å². The highest BCUT2D eigenvalue weighted by Gasteiger charge is 2.65. The average Bonchev–Trinajstić information content (AvgIpc) is 1.68. The SMILES string of the molecule is C.C.C.CCOC(=O)C(F)(F)C(OC(=O)c1ccccc1)[C@H]1COC(C)(C)O1.ClCCl.F.O=C(Cl)c1ccccc1.O=C(OC1[C@@H](CO)OC(=O)C1(F)F)c1ccccc1.O=C(OC[C@H]1OC(=O)C(F)(F)C1OC(=O)c1ccccc1)c1ccccc1.O=C(OC[C@H]1OC(=O)C(F)(F)C1OC(=O)c1ccccc1)c1ccccc1.[2HH]. The Balaban J connectivity index is 0.000000724. The summed E-state index contributed by atoms with van der Waals surface area (Å²) in [6.07, 6.45) is -14.8. The first-order chi connectivity index (χ1) is 52.1. The van der Waals surface area contributed by atoms with Gasteiger partial charge in [-0.15, -0.1) is 23.2 Å². The van der Waals surface area contributed by atoms with Gasteiger partial charge in [-0.05, 0) is 105 Å². The Morgan fingerprint density at radius 3 is 0.982 bits per heavy atom. The van der Waals surface area contributed by atoms with Crippen molar-refractivity contribution < 1.29 is 156 Å². The lowest BCUT2D eigenvalue weighted by atomic mass is 10.1. The third kappa shape index (κ3) is 27.7. The fourth-order valence-corrected chi connectivity index (χ4v) is 9.66. The van der Waals surface area contributed by atoms with Crippen molar-refractivity contribution in [3.63, 3.8) is 0 Å². The molecule has 4 heterocycles. The van der Waals surface area contributed by atoms with Crippen LogP contribution in [0.2, 0.25) is 0 Å². The lowest BCUT2D eigenvalue weighted by Gasteiger charge is -2.29. The number of benzene rings is 7. The van der Waals surface area contributed by atoms with Crippen molar-refractivity contribution >= 4 is 99.7 Å². The predicted octanol–water partition coefficient (Wildman–Crippen LogP) is 14.4. The van der Waals surface area contributed by atoms with Gasteiger partial charge < -0.3 is 61.9 Å². The second kappa shape index (κ2) is 46.3. The zero-order valence-electron chi connectivity index (χ0n) is 58.0. The Kier molecular flexibility index (Phi) is 40.2. The van der Waals surface area contributed by atoms with Crippen molar-refractivity contribution in [2.24, 2.45) is 0 Å². The first-order valence-corrected chi connectivity index (χ1v) is 33.7. The second-order valence-electron chi connectivity index (χ2n) is 23.0. The van der Waals surface area contributed by atoms with Gasteiger partial charge in [0.2, 0.25) is 24.4 Å². The van der Waals surface area contributed by atoms with E-state index in [0.29, 0.717) is 5.56 Å². The predicted molar refractivity (Wildman–Crippen MR) is 392 cm³/mol. The van der Waals surface area contributed by atoms with Crippen LogP contribution in [0.1, 0.15) is 117 Å². The number of alkyl halides is 10. The van der Waals surface area contributed by atoms with E-state index < -0.39 is 163 Å².